The highest BCUT2D eigenvalue weighted by Crippen LogP contribution is 2.27. The molecule has 1 aromatic carbocycles. The van der Waals surface area contributed by atoms with Gasteiger partial charge < -0.3 is 11.5 Å². The molecule has 1 atom stereocenters. The first kappa shape index (κ1) is 12.5. The Morgan fingerprint density at radius 1 is 1.33 bits per heavy atom. The Kier molecular flexibility index (Phi) is 4.63. The molecular weight excluding hydrogens is 266 g/mol. The van der Waals surface area contributed by atoms with Crippen molar-refractivity contribution in [3.8, 4) is 0 Å². The number of nitrogens with two attached hydrogens (primary N) is 2. The Morgan fingerprint density at radius 2 is 2.00 bits per heavy atom. The standard InChI is InChI=1S/C10H13BrF2N2/c11-6-3-4-7(12)9(10(6)13)8(15)2-1-5-14/h3-4,8H,1-2,5,14-15H2/t8-/m0/s1. The number of rotatable bonds is 4. The summed E-state index contributed by atoms with van der Waals surface area (Å²) in [5, 5.41) is 0. The molecule has 15 heavy (non-hydrogen) atoms. The van der Waals surface area contributed by atoms with Gasteiger partial charge in [-0.25, -0.2) is 8.78 Å². The van der Waals surface area contributed by atoms with Gasteiger partial charge in [-0.1, -0.05) is 0 Å². The first-order chi connectivity index (χ1) is 7.07. The van der Waals surface area contributed by atoms with Crippen LogP contribution in [-0.4, -0.2) is 6.54 Å². The molecule has 0 saturated heterocycles. The van der Waals surface area contributed by atoms with Crippen LogP contribution in [-0.2, 0) is 0 Å². The van der Waals surface area contributed by atoms with Gasteiger partial charge in [0, 0.05) is 11.6 Å². The highest BCUT2D eigenvalue weighted by Gasteiger charge is 2.18. The predicted octanol–water partition coefficient (Wildman–Crippen LogP) is 2.47. The van der Waals surface area contributed by atoms with Crippen molar-refractivity contribution in [3.05, 3.63) is 33.8 Å². The summed E-state index contributed by atoms with van der Waals surface area (Å²) in [6.07, 6.45) is 1.12. The molecular formula is C10H13BrF2N2. The Hall–Kier alpha value is -0.520. The van der Waals surface area contributed by atoms with Gasteiger partial charge in [-0.2, -0.15) is 0 Å². The third-order valence-electron chi connectivity index (χ3n) is 2.17. The normalized spacial score (nSPS) is 12.9. The van der Waals surface area contributed by atoms with E-state index in [1.54, 1.807) is 0 Å². The van der Waals surface area contributed by atoms with E-state index in [1.165, 1.54) is 12.1 Å². The van der Waals surface area contributed by atoms with Crippen molar-refractivity contribution in [3.63, 3.8) is 0 Å². The highest BCUT2D eigenvalue weighted by molar-refractivity contribution is 9.10. The molecule has 84 valence electrons. The Morgan fingerprint density at radius 3 is 2.60 bits per heavy atom. The van der Waals surface area contributed by atoms with Gasteiger partial charge in [-0.05, 0) is 47.4 Å². The van der Waals surface area contributed by atoms with E-state index >= 15 is 0 Å². The van der Waals surface area contributed by atoms with Crippen LogP contribution in [0.2, 0.25) is 0 Å². The van der Waals surface area contributed by atoms with E-state index in [4.69, 9.17) is 11.5 Å². The molecule has 0 heterocycles. The number of halogens is 3. The zero-order valence-corrected chi connectivity index (χ0v) is 9.73. The maximum atomic E-state index is 13.5. The van der Waals surface area contributed by atoms with Crippen LogP contribution in [0, 0.1) is 11.6 Å². The average molecular weight is 279 g/mol. The zero-order valence-electron chi connectivity index (χ0n) is 8.14. The van der Waals surface area contributed by atoms with Gasteiger partial charge in [0.1, 0.15) is 11.6 Å². The molecule has 0 saturated carbocycles. The molecule has 1 rings (SSSR count). The van der Waals surface area contributed by atoms with Crippen LogP contribution >= 0.6 is 15.9 Å². The van der Waals surface area contributed by atoms with Crippen LogP contribution < -0.4 is 11.5 Å². The third-order valence-corrected chi connectivity index (χ3v) is 2.78. The molecule has 0 aliphatic rings. The van der Waals surface area contributed by atoms with E-state index in [9.17, 15) is 8.78 Å². The topological polar surface area (TPSA) is 52.0 Å². The van der Waals surface area contributed by atoms with E-state index < -0.39 is 17.7 Å². The van der Waals surface area contributed by atoms with E-state index in [1.807, 2.05) is 0 Å². The van der Waals surface area contributed by atoms with Crippen molar-refractivity contribution >= 4 is 15.9 Å². The summed E-state index contributed by atoms with van der Waals surface area (Å²) in [5.41, 5.74) is 10.9. The minimum absolute atomic E-state index is 0.0715. The largest absolute Gasteiger partial charge is 0.330 e. The minimum Gasteiger partial charge on any atom is -0.330 e. The van der Waals surface area contributed by atoms with E-state index in [-0.39, 0.29) is 10.0 Å². The van der Waals surface area contributed by atoms with Gasteiger partial charge in [-0.3, -0.25) is 0 Å². The number of hydrogen-bond acceptors (Lipinski definition) is 2. The van der Waals surface area contributed by atoms with E-state index in [0.29, 0.717) is 19.4 Å². The van der Waals surface area contributed by atoms with Crippen molar-refractivity contribution in [2.24, 2.45) is 11.5 Å². The Labute approximate surface area is 95.8 Å². The Bertz CT molecular complexity index is 344. The second-order valence-corrected chi connectivity index (χ2v) is 4.15. The lowest BCUT2D eigenvalue weighted by Crippen LogP contribution is -2.16. The van der Waals surface area contributed by atoms with Crippen molar-refractivity contribution < 1.29 is 8.78 Å². The van der Waals surface area contributed by atoms with Crippen molar-refractivity contribution in [2.75, 3.05) is 6.54 Å². The summed E-state index contributed by atoms with van der Waals surface area (Å²) in [6, 6.07) is 1.88. The monoisotopic (exact) mass is 278 g/mol. The van der Waals surface area contributed by atoms with Crippen molar-refractivity contribution in [1.29, 1.82) is 0 Å². The predicted molar refractivity (Wildman–Crippen MR) is 59.3 cm³/mol. The lowest BCUT2D eigenvalue weighted by atomic mass is 10.0. The fourth-order valence-corrected chi connectivity index (χ4v) is 1.71. The maximum Gasteiger partial charge on any atom is 0.145 e. The van der Waals surface area contributed by atoms with Crippen molar-refractivity contribution in [2.45, 2.75) is 18.9 Å². The van der Waals surface area contributed by atoms with Crippen LogP contribution in [0.5, 0.6) is 0 Å². The highest BCUT2D eigenvalue weighted by atomic mass is 79.9. The smallest absolute Gasteiger partial charge is 0.145 e. The number of benzene rings is 1. The first-order valence-electron chi connectivity index (χ1n) is 4.67. The van der Waals surface area contributed by atoms with Crippen molar-refractivity contribution in [1.82, 2.24) is 0 Å². The molecule has 0 unspecified atom stereocenters. The van der Waals surface area contributed by atoms with Gasteiger partial charge in [0.15, 0.2) is 0 Å². The molecule has 0 spiro atoms. The van der Waals surface area contributed by atoms with Gasteiger partial charge in [0.05, 0.1) is 4.47 Å². The van der Waals surface area contributed by atoms with Crippen LogP contribution in [0.1, 0.15) is 24.4 Å². The molecule has 0 aromatic heterocycles. The lowest BCUT2D eigenvalue weighted by Gasteiger charge is -2.14. The minimum atomic E-state index is -0.647. The lowest BCUT2D eigenvalue weighted by molar-refractivity contribution is 0.503. The molecule has 0 aliphatic carbocycles. The molecule has 0 amide bonds. The third kappa shape index (κ3) is 2.96. The van der Waals surface area contributed by atoms with E-state index in [0.717, 1.165) is 0 Å². The van der Waals surface area contributed by atoms with Gasteiger partial charge in [0.25, 0.3) is 0 Å². The summed E-state index contributed by atoms with van der Waals surface area (Å²) in [4.78, 5) is 0. The maximum absolute atomic E-state index is 13.5. The average Bonchev–Trinajstić information content (AvgIpc) is 2.21. The van der Waals surface area contributed by atoms with Crippen LogP contribution in [0.25, 0.3) is 0 Å². The molecule has 2 nitrogen and oxygen atoms in total. The zero-order chi connectivity index (χ0) is 11.4. The van der Waals surface area contributed by atoms with Crippen LogP contribution in [0.4, 0.5) is 8.78 Å². The molecule has 5 heteroatoms. The molecule has 0 aliphatic heterocycles. The van der Waals surface area contributed by atoms with Gasteiger partial charge in [-0.15, -0.1) is 0 Å². The van der Waals surface area contributed by atoms with Gasteiger partial charge >= 0.3 is 0 Å². The molecule has 1 aromatic rings. The molecule has 0 fully saturated rings. The number of hydrogen-bond donors (Lipinski definition) is 2. The summed E-state index contributed by atoms with van der Waals surface area (Å²) in [7, 11) is 0. The summed E-state index contributed by atoms with van der Waals surface area (Å²) < 4.78 is 27.1. The summed E-state index contributed by atoms with van der Waals surface area (Å²) in [5.74, 6) is -1.24. The second kappa shape index (κ2) is 5.53. The fourth-order valence-electron chi connectivity index (χ4n) is 1.36. The molecule has 0 bridgehead atoms. The Balaban J connectivity index is 2.96. The second-order valence-electron chi connectivity index (χ2n) is 3.29. The van der Waals surface area contributed by atoms with E-state index in [2.05, 4.69) is 15.9 Å². The first-order valence-corrected chi connectivity index (χ1v) is 5.46. The quantitative estimate of drug-likeness (QED) is 0.832. The molecule has 0 radical (unpaired) electrons. The summed E-state index contributed by atoms with van der Waals surface area (Å²) in [6.45, 7) is 0.463. The van der Waals surface area contributed by atoms with Crippen LogP contribution in [0.3, 0.4) is 0 Å². The molecule has 4 N–H and O–H groups in total. The fraction of sp³-hybridized carbons (Fsp3) is 0.400. The summed E-state index contributed by atoms with van der Waals surface area (Å²) >= 11 is 2.99. The van der Waals surface area contributed by atoms with Crippen LogP contribution in [0.15, 0.2) is 16.6 Å². The SMILES string of the molecule is NCCC[C@H](N)c1c(F)ccc(Br)c1F. The van der Waals surface area contributed by atoms with Gasteiger partial charge in [0.2, 0.25) is 0 Å².